The second kappa shape index (κ2) is 6.68. The zero-order valence-corrected chi connectivity index (χ0v) is 15.2. The van der Waals surface area contributed by atoms with E-state index in [2.05, 4.69) is 15.4 Å². The number of halogens is 1. The second-order valence-corrected chi connectivity index (χ2v) is 6.83. The summed E-state index contributed by atoms with van der Waals surface area (Å²) in [5.74, 6) is -0.658. The molecule has 1 atom stereocenters. The number of carbonyl (C=O) groups excluding carboxylic acids is 1. The van der Waals surface area contributed by atoms with Crippen LogP contribution in [0, 0.1) is 11.3 Å². The van der Waals surface area contributed by atoms with E-state index in [1.54, 1.807) is 42.0 Å². The van der Waals surface area contributed by atoms with Crippen molar-refractivity contribution < 1.29 is 9.18 Å². The highest BCUT2D eigenvalue weighted by Gasteiger charge is 2.27. The van der Waals surface area contributed by atoms with Crippen molar-refractivity contribution >= 4 is 17.1 Å². The first kappa shape index (κ1) is 18.3. The molecule has 0 unspecified atom stereocenters. The van der Waals surface area contributed by atoms with Crippen molar-refractivity contribution in [3.8, 4) is 17.2 Å². The van der Waals surface area contributed by atoms with Crippen LogP contribution in [0.4, 0.5) is 10.1 Å². The summed E-state index contributed by atoms with van der Waals surface area (Å²) < 4.78 is 15.9. The van der Waals surface area contributed by atoms with Crippen LogP contribution in [0.5, 0.6) is 0 Å². The van der Waals surface area contributed by atoms with Crippen molar-refractivity contribution in [2.24, 2.45) is 5.73 Å². The number of rotatable bonds is 5. The van der Waals surface area contributed by atoms with Gasteiger partial charge < -0.3 is 11.1 Å². The molecule has 0 aliphatic carbocycles. The molecule has 3 aromatic heterocycles. The quantitative estimate of drug-likeness (QED) is 0.721. The monoisotopic (exact) mass is 366 g/mol. The van der Waals surface area contributed by atoms with Crippen LogP contribution in [0.25, 0.3) is 16.6 Å². The Kier molecular flexibility index (Phi) is 4.54. The van der Waals surface area contributed by atoms with E-state index in [1.807, 2.05) is 6.07 Å². The minimum absolute atomic E-state index is 0.177. The fourth-order valence-corrected chi connectivity index (χ4v) is 2.61. The molecule has 0 bridgehead atoms. The Bertz CT molecular complexity index is 1060. The van der Waals surface area contributed by atoms with E-state index in [1.165, 1.54) is 20.0 Å². The number of fused-ring (bicyclic) bond motifs is 1. The lowest BCUT2D eigenvalue weighted by Crippen LogP contribution is -2.36. The van der Waals surface area contributed by atoms with Gasteiger partial charge >= 0.3 is 0 Å². The summed E-state index contributed by atoms with van der Waals surface area (Å²) in [6.07, 6.45) is 4.66. The first-order chi connectivity index (χ1) is 12.7. The van der Waals surface area contributed by atoms with Gasteiger partial charge in [-0.25, -0.2) is 13.9 Å². The van der Waals surface area contributed by atoms with Gasteiger partial charge in [-0.15, -0.1) is 0 Å². The molecule has 27 heavy (non-hydrogen) atoms. The summed E-state index contributed by atoms with van der Waals surface area (Å²) in [6, 6.07) is 6.65. The molecule has 0 saturated heterocycles. The lowest BCUT2D eigenvalue weighted by molar-refractivity contribution is 0.1000. The molecule has 3 heterocycles. The van der Waals surface area contributed by atoms with Gasteiger partial charge in [-0.2, -0.15) is 10.4 Å². The molecular formula is C19H19FN6O. The number of alkyl halides is 1. The number of carbonyl (C=O) groups is 1. The smallest absolute Gasteiger partial charge is 0.252 e. The molecule has 0 aromatic carbocycles. The van der Waals surface area contributed by atoms with Crippen LogP contribution in [-0.2, 0) is 0 Å². The number of hydrogen-bond acceptors (Lipinski definition) is 5. The Balaban J connectivity index is 2.16. The van der Waals surface area contributed by atoms with Crippen LogP contribution in [-0.4, -0.2) is 32.2 Å². The summed E-state index contributed by atoms with van der Waals surface area (Å²) in [5, 5.41) is 16.3. The van der Waals surface area contributed by atoms with Crippen molar-refractivity contribution in [1.29, 1.82) is 5.26 Å². The van der Waals surface area contributed by atoms with Crippen LogP contribution in [0.2, 0.25) is 0 Å². The predicted molar refractivity (Wildman–Crippen MR) is 99.9 cm³/mol. The number of pyridine rings is 1. The third-order valence-electron chi connectivity index (χ3n) is 4.50. The average molecular weight is 366 g/mol. The summed E-state index contributed by atoms with van der Waals surface area (Å²) in [5.41, 5.74) is 6.97. The van der Waals surface area contributed by atoms with Gasteiger partial charge in [0, 0.05) is 18.0 Å². The normalized spacial score (nSPS) is 12.6. The summed E-state index contributed by atoms with van der Waals surface area (Å²) in [4.78, 5) is 15.8. The van der Waals surface area contributed by atoms with Gasteiger partial charge in [-0.3, -0.25) is 4.79 Å². The maximum absolute atomic E-state index is 14.3. The van der Waals surface area contributed by atoms with Crippen LogP contribution in [0.1, 0.15) is 36.8 Å². The topological polar surface area (TPSA) is 109 Å². The van der Waals surface area contributed by atoms with Gasteiger partial charge in [0.05, 0.1) is 29.0 Å². The predicted octanol–water partition coefficient (Wildman–Crippen LogP) is 2.92. The number of nitrogens with two attached hydrogens (primary N) is 1. The number of anilines is 1. The molecule has 3 aromatic rings. The SMILES string of the molecule is C[C@@H](Nc1c(C(N)=O)cnn2cc(-c3ccnc(C#N)c3)cc12)C(C)(C)F. The third-order valence-corrected chi connectivity index (χ3v) is 4.50. The van der Waals surface area contributed by atoms with Gasteiger partial charge in [0.1, 0.15) is 17.4 Å². The van der Waals surface area contributed by atoms with Gasteiger partial charge in [-0.05, 0) is 44.5 Å². The van der Waals surface area contributed by atoms with Gasteiger partial charge in [0.15, 0.2) is 0 Å². The molecule has 8 heteroatoms. The number of nitrogens with zero attached hydrogens (tertiary/aromatic N) is 4. The van der Waals surface area contributed by atoms with Crippen LogP contribution in [0.15, 0.2) is 36.8 Å². The van der Waals surface area contributed by atoms with E-state index >= 15 is 0 Å². The lowest BCUT2D eigenvalue weighted by atomic mass is 10.0. The summed E-state index contributed by atoms with van der Waals surface area (Å²) in [6.45, 7) is 4.60. The van der Waals surface area contributed by atoms with E-state index < -0.39 is 17.6 Å². The molecule has 7 nitrogen and oxygen atoms in total. The first-order valence-electron chi connectivity index (χ1n) is 8.34. The molecule has 0 radical (unpaired) electrons. The van der Waals surface area contributed by atoms with Crippen molar-refractivity contribution in [3.63, 3.8) is 0 Å². The molecule has 0 spiro atoms. The maximum Gasteiger partial charge on any atom is 0.252 e. The molecular weight excluding hydrogens is 347 g/mol. The van der Waals surface area contributed by atoms with E-state index in [0.29, 0.717) is 16.9 Å². The highest BCUT2D eigenvalue weighted by Crippen LogP contribution is 2.30. The number of hydrogen-bond donors (Lipinski definition) is 2. The van der Waals surface area contributed by atoms with Crippen molar-refractivity contribution in [2.75, 3.05) is 5.32 Å². The maximum atomic E-state index is 14.3. The highest BCUT2D eigenvalue weighted by atomic mass is 19.1. The van der Waals surface area contributed by atoms with Crippen LogP contribution in [0.3, 0.4) is 0 Å². The number of aromatic nitrogens is 3. The highest BCUT2D eigenvalue weighted by molar-refractivity contribution is 6.02. The zero-order chi connectivity index (χ0) is 19.8. The van der Waals surface area contributed by atoms with Crippen LogP contribution >= 0.6 is 0 Å². The van der Waals surface area contributed by atoms with Crippen molar-refractivity contribution in [3.05, 3.63) is 48.0 Å². The lowest BCUT2D eigenvalue weighted by Gasteiger charge is -2.26. The summed E-state index contributed by atoms with van der Waals surface area (Å²) in [7, 11) is 0. The molecule has 0 saturated carbocycles. The Labute approximate surface area is 155 Å². The van der Waals surface area contributed by atoms with Crippen molar-refractivity contribution in [1.82, 2.24) is 14.6 Å². The summed E-state index contributed by atoms with van der Waals surface area (Å²) >= 11 is 0. The Morgan fingerprint density at radius 1 is 1.41 bits per heavy atom. The minimum Gasteiger partial charge on any atom is -0.377 e. The molecule has 3 rings (SSSR count). The standard InChI is InChI=1S/C19H19FN6O/c1-11(19(2,3)20)25-17-15(18(22)27)9-24-26-10-13(7-16(17)26)12-4-5-23-14(6-12)8-21/h4-7,9-11,25H,1-3H3,(H2,22,27)/t11-/m1/s1. The van der Waals surface area contributed by atoms with E-state index in [0.717, 1.165) is 11.1 Å². The molecule has 0 fully saturated rings. The van der Waals surface area contributed by atoms with Gasteiger partial charge in [0.25, 0.3) is 5.91 Å². The molecule has 1 amide bonds. The molecule has 0 aliphatic heterocycles. The first-order valence-corrected chi connectivity index (χ1v) is 8.34. The largest absolute Gasteiger partial charge is 0.377 e. The van der Waals surface area contributed by atoms with Crippen LogP contribution < -0.4 is 11.1 Å². The second-order valence-electron chi connectivity index (χ2n) is 6.83. The van der Waals surface area contributed by atoms with Crippen molar-refractivity contribution in [2.45, 2.75) is 32.5 Å². The molecule has 0 aliphatic rings. The number of primary amides is 1. The zero-order valence-electron chi connectivity index (χ0n) is 15.2. The fraction of sp³-hybridized carbons (Fsp3) is 0.263. The molecule has 138 valence electrons. The Morgan fingerprint density at radius 3 is 2.78 bits per heavy atom. The minimum atomic E-state index is -1.52. The number of nitrogens with one attached hydrogen (secondary N) is 1. The van der Waals surface area contributed by atoms with E-state index in [-0.39, 0.29) is 5.56 Å². The average Bonchev–Trinajstić information content (AvgIpc) is 3.05. The van der Waals surface area contributed by atoms with Gasteiger partial charge in [0.2, 0.25) is 0 Å². The van der Waals surface area contributed by atoms with E-state index in [4.69, 9.17) is 11.0 Å². The van der Waals surface area contributed by atoms with E-state index in [9.17, 15) is 9.18 Å². The fourth-order valence-electron chi connectivity index (χ4n) is 2.61. The molecule has 3 N–H and O–H groups in total. The van der Waals surface area contributed by atoms with Gasteiger partial charge in [-0.1, -0.05) is 0 Å². The third kappa shape index (κ3) is 3.58. The number of amides is 1. The number of nitriles is 1. The Morgan fingerprint density at radius 2 is 2.15 bits per heavy atom. The Hall–Kier alpha value is -3.47.